The molecule has 160 valence electrons. The molecule has 5 atom stereocenters. The Labute approximate surface area is 183 Å². The van der Waals surface area contributed by atoms with Gasteiger partial charge in [-0.25, -0.2) is 0 Å². The van der Waals surface area contributed by atoms with Gasteiger partial charge in [-0.05, 0) is 17.5 Å². The first-order chi connectivity index (χ1) is 14.7. The van der Waals surface area contributed by atoms with Gasteiger partial charge in [0.05, 0.1) is 19.3 Å². The number of fused-ring (bicyclic) bond motifs is 1. The van der Waals surface area contributed by atoms with E-state index in [9.17, 15) is 0 Å². The van der Waals surface area contributed by atoms with Crippen molar-refractivity contribution in [3.8, 4) is 0 Å². The zero-order valence-corrected chi connectivity index (χ0v) is 18.6. The van der Waals surface area contributed by atoms with Gasteiger partial charge < -0.3 is 19.1 Å². The van der Waals surface area contributed by atoms with Crippen molar-refractivity contribution in [2.45, 2.75) is 56.3 Å². The molecular formula is C24H30N2O3S. The van der Waals surface area contributed by atoms with Gasteiger partial charge in [-0.15, -0.1) is 0 Å². The Morgan fingerprint density at radius 2 is 1.47 bits per heavy atom. The van der Waals surface area contributed by atoms with Crippen molar-refractivity contribution >= 4 is 16.9 Å². The molecule has 0 amide bonds. The number of rotatable bonds is 7. The molecule has 2 aromatic carbocycles. The van der Waals surface area contributed by atoms with Gasteiger partial charge in [-0.3, -0.25) is 4.99 Å². The number of thioether (sulfide) groups is 1. The van der Waals surface area contributed by atoms with E-state index in [0.717, 1.165) is 22.7 Å². The second kappa shape index (κ2) is 9.96. The Morgan fingerprint density at radius 1 is 0.900 bits per heavy atom. The highest BCUT2D eigenvalue weighted by atomic mass is 32.2. The van der Waals surface area contributed by atoms with Crippen molar-refractivity contribution < 1.29 is 14.2 Å². The molecule has 0 radical (unpaired) electrons. The Bertz CT molecular complexity index is 831. The van der Waals surface area contributed by atoms with Crippen molar-refractivity contribution in [3.63, 3.8) is 0 Å². The van der Waals surface area contributed by atoms with Crippen molar-refractivity contribution in [1.29, 1.82) is 0 Å². The third kappa shape index (κ3) is 4.89. The molecule has 2 aliphatic heterocycles. The van der Waals surface area contributed by atoms with Crippen LogP contribution in [0.1, 0.15) is 24.5 Å². The van der Waals surface area contributed by atoms with Crippen molar-refractivity contribution in [3.05, 3.63) is 71.8 Å². The largest absolute Gasteiger partial charge is 0.368 e. The fourth-order valence-corrected chi connectivity index (χ4v) is 5.02. The standard InChI is InChI=1S/C24H30N2O3S/c1-4-19-21(27-15-17-11-7-5-8-12-17)22(28-16-18-13-9-6-10-14-18)20-23(29-19)30-24(25-20)26(2)3/h5-14,19-23H,4,15-16H2,1-3H3/t19-,20-,21-,22-,23-/m1/s1. The summed E-state index contributed by atoms with van der Waals surface area (Å²) in [5.74, 6) is 0. The summed E-state index contributed by atoms with van der Waals surface area (Å²) in [6, 6.07) is 20.5. The third-order valence-electron chi connectivity index (χ3n) is 5.45. The predicted molar refractivity (Wildman–Crippen MR) is 121 cm³/mol. The van der Waals surface area contributed by atoms with E-state index >= 15 is 0 Å². The van der Waals surface area contributed by atoms with Gasteiger partial charge in [0.25, 0.3) is 0 Å². The molecule has 0 bridgehead atoms. The Hall–Kier alpha value is -1.86. The summed E-state index contributed by atoms with van der Waals surface area (Å²) < 4.78 is 19.4. The quantitative estimate of drug-likeness (QED) is 0.660. The first-order valence-corrected chi connectivity index (χ1v) is 11.4. The number of benzene rings is 2. The molecule has 0 unspecified atom stereocenters. The van der Waals surface area contributed by atoms with Gasteiger partial charge in [-0.1, -0.05) is 79.3 Å². The monoisotopic (exact) mass is 426 g/mol. The molecular weight excluding hydrogens is 396 g/mol. The lowest BCUT2D eigenvalue weighted by Crippen LogP contribution is -2.56. The lowest BCUT2D eigenvalue weighted by molar-refractivity contribution is -0.197. The summed E-state index contributed by atoms with van der Waals surface area (Å²) in [5, 5.41) is 0.983. The topological polar surface area (TPSA) is 43.3 Å². The van der Waals surface area contributed by atoms with Crippen LogP contribution in [0.4, 0.5) is 0 Å². The zero-order chi connectivity index (χ0) is 20.9. The van der Waals surface area contributed by atoms with Crippen molar-refractivity contribution in [1.82, 2.24) is 4.90 Å². The van der Waals surface area contributed by atoms with E-state index in [4.69, 9.17) is 19.2 Å². The van der Waals surface area contributed by atoms with E-state index in [2.05, 4.69) is 31.2 Å². The van der Waals surface area contributed by atoms with Gasteiger partial charge >= 0.3 is 0 Å². The number of nitrogens with zero attached hydrogens (tertiary/aromatic N) is 2. The molecule has 30 heavy (non-hydrogen) atoms. The van der Waals surface area contributed by atoms with Gasteiger partial charge in [-0.2, -0.15) is 0 Å². The molecule has 2 heterocycles. The molecule has 1 saturated heterocycles. The molecule has 1 fully saturated rings. The first-order valence-electron chi connectivity index (χ1n) is 10.5. The van der Waals surface area contributed by atoms with Crippen LogP contribution < -0.4 is 0 Å². The molecule has 4 rings (SSSR count). The number of hydrogen-bond acceptors (Lipinski definition) is 6. The summed E-state index contributed by atoms with van der Waals surface area (Å²) in [4.78, 5) is 7.00. The van der Waals surface area contributed by atoms with Crippen LogP contribution in [0.25, 0.3) is 0 Å². The van der Waals surface area contributed by atoms with E-state index < -0.39 is 0 Å². The van der Waals surface area contributed by atoms with Crippen LogP contribution in [0.3, 0.4) is 0 Å². The average molecular weight is 427 g/mol. The molecule has 5 nitrogen and oxygen atoms in total. The fraction of sp³-hybridized carbons (Fsp3) is 0.458. The summed E-state index contributed by atoms with van der Waals surface area (Å²) in [6.07, 6.45) is 0.500. The highest BCUT2D eigenvalue weighted by Gasteiger charge is 2.50. The van der Waals surface area contributed by atoms with E-state index in [1.807, 2.05) is 55.4 Å². The van der Waals surface area contributed by atoms with E-state index in [0.29, 0.717) is 13.2 Å². The second-order valence-electron chi connectivity index (χ2n) is 7.89. The zero-order valence-electron chi connectivity index (χ0n) is 17.8. The van der Waals surface area contributed by atoms with Crippen LogP contribution in [-0.4, -0.2) is 54.0 Å². The molecule has 0 spiro atoms. The van der Waals surface area contributed by atoms with Crippen LogP contribution in [0.5, 0.6) is 0 Å². The minimum Gasteiger partial charge on any atom is -0.368 e. The van der Waals surface area contributed by atoms with E-state index in [1.54, 1.807) is 11.8 Å². The first kappa shape index (κ1) is 21.4. The maximum absolute atomic E-state index is 6.50. The highest BCUT2D eigenvalue weighted by Crippen LogP contribution is 2.40. The van der Waals surface area contributed by atoms with E-state index in [-0.39, 0.29) is 29.8 Å². The summed E-state index contributed by atoms with van der Waals surface area (Å²) in [5.41, 5.74) is 2.26. The molecule has 0 aliphatic carbocycles. The molecule has 0 saturated carbocycles. The maximum Gasteiger partial charge on any atom is 0.161 e. The van der Waals surface area contributed by atoms with Crippen LogP contribution in [0, 0.1) is 0 Å². The summed E-state index contributed by atoms with van der Waals surface area (Å²) in [6.45, 7) is 3.21. The SMILES string of the molecule is CC[C@H]1O[C@@H]2SC(N(C)C)=N[C@@H]2[C@@H](OCc2ccccc2)[C@@H]1OCc1ccccc1. The highest BCUT2D eigenvalue weighted by molar-refractivity contribution is 8.14. The summed E-state index contributed by atoms with van der Waals surface area (Å²) >= 11 is 1.68. The average Bonchev–Trinajstić information content (AvgIpc) is 3.21. The van der Waals surface area contributed by atoms with Crippen LogP contribution in [0.15, 0.2) is 65.7 Å². The van der Waals surface area contributed by atoms with Gasteiger partial charge in [0, 0.05) is 14.1 Å². The second-order valence-corrected chi connectivity index (χ2v) is 8.95. The van der Waals surface area contributed by atoms with Crippen LogP contribution in [-0.2, 0) is 27.4 Å². The van der Waals surface area contributed by atoms with Gasteiger partial charge in [0.15, 0.2) is 5.17 Å². The number of hydrogen-bond donors (Lipinski definition) is 0. The molecule has 0 aromatic heterocycles. The maximum atomic E-state index is 6.50. The number of ether oxygens (including phenoxy) is 3. The lowest BCUT2D eigenvalue weighted by Gasteiger charge is -2.42. The van der Waals surface area contributed by atoms with Gasteiger partial charge in [0.2, 0.25) is 0 Å². The predicted octanol–water partition coefficient (Wildman–Crippen LogP) is 4.33. The molecule has 0 N–H and O–H groups in total. The van der Waals surface area contributed by atoms with Crippen molar-refractivity contribution in [2.24, 2.45) is 4.99 Å². The Balaban J connectivity index is 1.56. The van der Waals surface area contributed by atoms with Crippen molar-refractivity contribution in [2.75, 3.05) is 14.1 Å². The smallest absolute Gasteiger partial charge is 0.161 e. The number of aliphatic imine (C=N–C) groups is 1. The van der Waals surface area contributed by atoms with Crippen LogP contribution >= 0.6 is 11.8 Å². The van der Waals surface area contributed by atoms with Gasteiger partial charge in [0.1, 0.15) is 23.7 Å². The summed E-state index contributed by atoms with van der Waals surface area (Å²) in [7, 11) is 4.04. The van der Waals surface area contributed by atoms with E-state index in [1.165, 1.54) is 0 Å². The molecule has 2 aliphatic rings. The Morgan fingerprint density at radius 3 is 2.00 bits per heavy atom. The minimum absolute atomic E-state index is 0.0278. The third-order valence-corrected chi connectivity index (χ3v) is 6.75. The minimum atomic E-state index is -0.175. The molecule has 6 heteroatoms. The number of amidine groups is 1. The fourth-order valence-electron chi connectivity index (χ4n) is 3.86. The molecule has 2 aromatic rings. The normalized spacial score (nSPS) is 28.1. The van der Waals surface area contributed by atoms with Crippen LogP contribution in [0.2, 0.25) is 0 Å². The lowest BCUT2D eigenvalue weighted by atomic mass is 9.96. The Kier molecular flexibility index (Phi) is 7.10.